The number of amides is 1. The highest BCUT2D eigenvalue weighted by molar-refractivity contribution is 5.84. The maximum atomic E-state index is 13.1. The number of hydrogen-bond acceptors (Lipinski definition) is 5. The molecule has 30 heavy (non-hydrogen) atoms. The van der Waals surface area contributed by atoms with Crippen LogP contribution in [0.2, 0.25) is 0 Å². The van der Waals surface area contributed by atoms with E-state index in [0.29, 0.717) is 19.0 Å². The first kappa shape index (κ1) is 20.6. The molecule has 1 atom stereocenters. The Morgan fingerprint density at radius 3 is 2.37 bits per heavy atom. The number of carbonyl (C=O) groups excluding carboxylic acids is 1. The molecule has 6 heteroatoms. The molecule has 4 rings (SSSR count). The van der Waals surface area contributed by atoms with Crippen molar-refractivity contribution in [2.24, 2.45) is 0 Å². The van der Waals surface area contributed by atoms with Crippen molar-refractivity contribution in [2.75, 3.05) is 31.1 Å². The Morgan fingerprint density at radius 1 is 1.00 bits per heavy atom. The van der Waals surface area contributed by atoms with Crippen LogP contribution in [0.4, 0.5) is 5.82 Å². The lowest BCUT2D eigenvalue weighted by Crippen LogP contribution is -2.50. The number of benzene rings is 1. The van der Waals surface area contributed by atoms with E-state index in [2.05, 4.69) is 34.2 Å². The second-order valence-corrected chi connectivity index (χ2v) is 8.29. The fourth-order valence-electron chi connectivity index (χ4n) is 4.51. The zero-order chi connectivity index (χ0) is 20.8. The minimum Gasteiger partial charge on any atom is -0.473 e. The van der Waals surface area contributed by atoms with Crippen molar-refractivity contribution in [3.05, 3.63) is 48.0 Å². The van der Waals surface area contributed by atoms with E-state index in [9.17, 15) is 4.79 Å². The van der Waals surface area contributed by atoms with Crippen molar-refractivity contribution in [3.8, 4) is 5.88 Å². The summed E-state index contributed by atoms with van der Waals surface area (Å²) in [6.07, 6.45) is 7.11. The van der Waals surface area contributed by atoms with Crippen LogP contribution < -0.4 is 9.64 Å². The Balaban J connectivity index is 1.31. The van der Waals surface area contributed by atoms with Crippen molar-refractivity contribution in [1.82, 2.24) is 15.1 Å². The lowest BCUT2D eigenvalue weighted by atomic mass is 9.95. The SMILES string of the molecule is CCC(C(=O)N1CCN(c2ccc(OC3CCCCC3)nn2)CC1)c1ccccc1. The third-order valence-electron chi connectivity index (χ3n) is 6.29. The van der Waals surface area contributed by atoms with Crippen LogP contribution in [0.3, 0.4) is 0 Å². The molecule has 1 amide bonds. The average Bonchev–Trinajstić information content (AvgIpc) is 2.81. The summed E-state index contributed by atoms with van der Waals surface area (Å²) in [6.45, 7) is 5.05. The van der Waals surface area contributed by atoms with Gasteiger partial charge >= 0.3 is 0 Å². The van der Waals surface area contributed by atoms with Crippen molar-refractivity contribution in [3.63, 3.8) is 0 Å². The van der Waals surface area contributed by atoms with Gasteiger partial charge in [-0.15, -0.1) is 10.2 Å². The summed E-state index contributed by atoms with van der Waals surface area (Å²) in [6, 6.07) is 14.0. The first-order valence-electron chi connectivity index (χ1n) is 11.3. The van der Waals surface area contributed by atoms with E-state index < -0.39 is 0 Å². The van der Waals surface area contributed by atoms with Gasteiger partial charge < -0.3 is 14.5 Å². The molecule has 2 aliphatic rings. The number of hydrogen-bond donors (Lipinski definition) is 0. The topological polar surface area (TPSA) is 58.6 Å². The number of rotatable bonds is 6. The first-order valence-corrected chi connectivity index (χ1v) is 11.3. The van der Waals surface area contributed by atoms with Gasteiger partial charge in [-0.25, -0.2) is 0 Å². The molecule has 1 saturated carbocycles. The molecule has 0 spiro atoms. The molecule has 2 heterocycles. The highest BCUT2D eigenvalue weighted by atomic mass is 16.5. The highest BCUT2D eigenvalue weighted by Gasteiger charge is 2.28. The number of aromatic nitrogens is 2. The van der Waals surface area contributed by atoms with E-state index in [1.165, 1.54) is 19.3 Å². The largest absolute Gasteiger partial charge is 0.473 e. The molecular formula is C24H32N4O2. The molecule has 1 saturated heterocycles. The van der Waals surface area contributed by atoms with Crippen molar-refractivity contribution >= 4 is 11.7 Å². The Kier molecular flexibility index (Phi) is 6.82. The van der Waals surface area contributed by atoms with E-state index in [0.717, 1.165) is 43.7 Å². The van der Waals surface area contributed by atoms with Gasteiger partial charge in [-0.2, -0.15) is 0 Å². The van der Waals surface area contributed by atoms with E-state index in [1.54, 1.807) is 0 Å². The van der Waals surface area contributed by atoms with E-state index >= 15 is 0 Å². The third-order valence-corrected chi connectivity index (χ3v) is 6.29. The zero-order valence-corrected chi connectivity index (χ0v) is 17.9. The van der Waals surface area contributed by atoms with Gasteiger partial charge in [0.05, 0.1) is 5.92 Å². The van der Waals surface area contributed by atoms with E-state index in [-0.39, 0.29) is 17.9 Å². The van der Waals surface area contributed by atoms with Gasteiger partial charge in [0.1, 0.15) is 6.10 Å². The third kappa shape index (κ3) is 4.91. The number of piperazine rings is 1. The molecule has 2 fully saturated rings. The minimum absolute atomic E-state index is 0.0613. The van der Waals surface area contributed by atoms with E-state index in [4.69, 9.17) is 4.74 Å². The molecule has 0 N–H and O–H groups in total. The van der Waals surface area contributed by atoms with Crippen LogP contribution in [0.15, 0.2) is 42.5 Å². The summed E-state index contributed by atoms with van der Waals surface area (Å²) >= 11 is 0. The second-order valence-electron chi connectivity index (χ2n) is 8.29. The summed E-state index contributed by atoms with van der Waals surface area (Å²) in [5, 5.41) is 8.67. The van der Waals surface area contributed by atoms with Crippen LogP contribution in [0.25, 0.3) is 0 Å². The van der Waals surface area contributed by atoms with Crippen LogP contribution in [0.5, 0.6) is 5.88 Å². The Hall–Kier alpha value is -2.63. The molecule has 1 aromatic heterocycles. The summed E-state index contributed by atoms with van der Waals surface area (Å²) in [5.41, 5.74) is 1.10. The number of nitrogens with zero attached hydrogens (tertiary/aromatic N) is 4. The van der Waals surface area contributed by atoms with Crippen LogP contribution in [0, 0.1) is 0 Å². The maximum absolute atomic E-state index is 13.1. The molecule has 1 aromatic carbocycles. The monoisotopic (exact) mass is 408 g/mol. The normalized spacial score (nSPS) is 18.8. The van der Waals surface area contributed by atoms with Gasteiger partial charge in [0.25, 0.3) is 0 Å². The number of carbonyl (C=O) groups is 1. The van der Waals surface area contributed by atoms with Crippen LogP contribution in [-0.2, 0) is 4.79 Å². The smallest absolute Gasteiger partial charge is 0.233 e. The summed E-state index contributed by atoms with van der Waals surface area (Å²) < 4.78 is 5.98. The predicted molar refractivity (Wildman–Crippen MR) is 118 cm³/mol. The quantitative estimate of drug-likeness (QED) is 0.722. The van der Waals surface area contributed by atoms with E-state index in [1.807, 2.05) is 35.2 Å². The maximum Gasteiger partial charge on any atom is 0.233 e. The van der Waals surface area contributed by atoms with Gasteiger partial charge in [0.15, 0.2) is 5.82 Å². The molecule has 1 unspecified atom stereocenters. The van der Waals surface area contributed by atoms with Gasteiger partial charge in [-0.3, -0.25) is 4.79 Å². The minimum atomic E-state index is -0.0613. The van der Waals surface area contributed by atoms with Gasteiger partial charge in [-0.1, -0.05) is 43.7 Å². The number of anilines is 1. The predicted octanol–water partition coefficient (Wildman–Crippen LogP) is 4.03. The summed E-state index contributed by atoms with van der Waals surface area (Å²) in [4.78, 5) is 17.3. The van der Waals surface area contributed by atoms with Gasteiger partial charge in [0.2, 0.25) is 11.8 Å². The molecule has 1 aliphatic heterocycles. The molecule has 0 radical (unpaired) electrons. The fraction of sp³-hybridized carbons (Fsp3) is 0.542. The van der Waals surface area contributed by atoms with Gasteiger partial charge in [0, 0.05) is 32.2 Å². The molecule has 1 aliphatic carbocycles. The van der Waals surface area contributed by atoms with Gasteiger partial charge in [-0.05, 0) is 43.7 Å². The first-order chi connectivity index (χ1) is 14.7. The summed E-state index contributed by atoms with van der Waals surface area (Å²) in [7, 11) is 0. The molecule has 2 aromatic rings. The summed E-state index contributed by atoms with van der Waals surface area (Å²) in [5.74, 6) is 1.64. The average molecular weight is 409 g/mol. The van der Waals surface area contributed by atoms with Crippen molar-refractivity contribution in [1.29, 1.82) is 0 Å². The Morgan fingerprint density at radius 2 is 1.73 bits per heavy atom. The molecule has 6 nitrogen and oxygen atoms in total. The lowest BCUT2D eigenvalue weighted by molar-refractivity contribution is -0.133. The Bertz CT molecular complexity index is 798. The fourth-order valence-corrected chi connectivity index (χ4v) is 4.51. The standard InChI is InChI=1S/C24H32N4O2/c1-2-21(19-9-5-3-6-10-19)24(29)28-17-15-27(16-18-28)22-13-14-23(26-25-22)30-20-11-7-4-8-12-20/h3,5-6,9-10,13-14,20-21H,2,4,7-8,11-12,15-18H2,1H3. The lowest BCUT2D eigenvalue weighted by Gasteiger charge is -2.36. The van der Waals surface area contributed by atoms with Crippen LogP contribution in [-0.4, -0.2) is 53.3 Å². The van der Waals surface area contributed by atoms with Crippen LogP contribution in [0.1, 0.15) is 56.9 Å². The molecule has 160 valence electrons. The molecule has 0 bridgehead atoms. The Labute approximate surface area is 179 Å². The van der Waals surface area contributed by atoms with Crippen LogP contribution >= 0.6 is 0 Å². The van der Waals surface area contributed by atoms with Crippen molar-refractivity contribution < 1.29 is 9.53 Å². The second kappa shape index (κ2) is 9.92. The molecular weight excluding hydrogens is 376 g/mol. The number of ether oxygens (including phenoxy) is 1. The van der Waals surface area contributed by atoms with Crippen molar-refractivity contribution in [2.45, 2.75) is 57.5 Å². The highest BCUT2D eigenvalue weighted by Crippen LogP contribution is 2.25. The zero-order valence-electron chi connectivity index (χ0n) is 17.9.